The van der Waals surface area contributed by atoms with E-state index in [1.807, 2.05) is 0 Å². The van der Waals surface area contributed by atoms with Crippen LogP contribution in [0.4, 0.5) is 0 Å². The zero-order chi connectivity index (χ0) is 15.0. The molecule has 3 rings (SSSR count). The molecule has 0 radical (unpaired) electrons. The van der Waals surface area contributed by atoms with Crippen molar-refractivity contribution in [3.8, 4) is 0 Å². The Morgan fingerprint density at radius 1 is 1.57 bits per heavy atom. The molecule has 6 nitrogen and oxygen atoms in total. The number of amides is 1. The van der Waals surface area contributed by atoms with Crippen LogP contribution in [-0.4, -0.2) is 46.6 Å². The van der Waals surface area contributed by atoms with E-state index in [0.29, 0.717) is 18.7 Å². The number of ether oxygens (including phenoxy) is 1. The number of thiazole rings is 1. The highest BCUT2D eigenvalue weighted by Gasteiger charge is 2.42. The predicted molar refractivity (Wildman–Crippen MR) is 76.3 cm³/mol. The van der Waals surface area contributed by atoms with Gasteiger partial charge in [0.25, 0.3) is 5.91 Å². The van der Waals surface area contributed by atoms with Gasteiger partial charge in [-0.3, -0.25) is 9.59 Å². The maximum absolute atomic E-state index is 12.4. The molecular weight excluding hydrogens is 292 g/mol. The van der Waals surface area contributed by atoms with Crippen LogP contribution in [0.5, 0.6) is 0 Å². The molecule has 2 aliphatic rings. The number of rotatable bonds is 3. The Morgan fingerprint density at radius 2 is 2.38 bits per heavy atom. The molecule has 21 heavy (non-hydrogen) atoms. The molecule has 2 unspecified atom stereocenters. The Labute approximate surface area is 126 Å². The number of carboxylic acid groups (broad SMARTS) is 1. The molecule has 1 N–H and O–H groups in total. The number of aromatic nitrogens is 1. The number of carbonyl (C=O) groups is 2. The molecule has 114 valence electrons. The van der Waals surface area contributed by atoms with Crippen molar-refractivity contribution in [1.29, 1.82) is 0 Å². The second-order valence-electron chi connectivity index (χ2n) is 5.92. The molecule has 2 fully saturated rings. The van der Waals surface area contributed by atoms with Gasteiger partial charge in [-0.2, -0.15) is 0 Å². The summed E-state index contributed by atoms with van der Waals surface area (Å²) in [6.07, 6.45) is 2.47. The topological polar surface area (TPSA) is 79.7 Å². The molecule has 0 spiro atoms. The first-order valence-corrected chi connectivity index (χ1v) is 7.97. The predicted octanol–water partition coefficient (Wildman–Crippen LogP) is 1.93. The van der Waals surface area contributed by atoms with E-state index < -0.39 is 11.4 Å². The van der Waals surface area contributed by atoms with Gasteiger partial charge in [-0.25, -0.2) is 4.98 Å². The molecule has 0 aliphatic carbocycles. The van der Waals surface area contributed by atoms with Crippen molar-refractivity contribution < 1.29 is 19.4 Å². The quantitative estimate of drug-likeness (QED) is 0.923. The van der Waals surface area contributed by atoms with Crippen LogP contribution >= 0.6 is 11.3 Å². The highest BCUT2D eigenvalue weighted by atomic mass is 32.1. The molecule has 1 aromatic rings. The minimum absolute atomic E-state index is 0.0133. The zero-order valence-electron chi connectivity index (χ0n) is 11.9. The summed E-state index contributed by atoms with van der Waals surface area (Å²) in [5.74, 6) is -1.03. The summed E-state index contributed by atoms with van der Waals surface area (Å²) in [5, 5.41) is 11.8. The van der Waals surface area contributed by atoms with E-state index in [9.17, 15) is 14.7 Å². The average molecular weight is 310 g/mol. The standard InChI is InChI=1S/C14H18N2O4S/c1-14(13(18)19)4-5-16(8-14)12(17)9-7-21-11(15-9)10-3-2-6-20-10/h7,10H,2-6,8H2,1H3,(H,18,19). The van der Waals surface area contributed by atoms with Crippen molar-refractivity contribution in [2.24, 2.45) is 5.41 Å². The third-order valence-corrected chi connectivity index (χ3v) is 5.16. The third-order valence-electron chi connectivity index (χ3n) is 4.22. The van der Waals surface area contributed by atoms with Crippen LogP contribution < -0.4 is 0 Å². The van der Waals surface area contributed by atoms with Crippen molar-refractivity contribution in [3.05, 3.63) is 16.1 Å². The van der Waals surface area contributed by atoms with E-state index in [4.69, 9.17) is 4.74 Å². The van der Waals surface area contributed by atoms with E-state index in [1.165, 1.54) is 11.3 Å². The van der Waals surface area contributed by atoms with Crippen LogP contribution in [0, 0.1) is 5.41 Å². The number of aliphatic carboxylic acids is 1. The summed E-state index contributed by atoms with van der Waals surface area (Å²) in [7, 11) is 0. The molecule has 2 atom stereocenters. The van der Waals surface area contributed by atoms with Gasteiger partial charge < -0.3 is 14.7 Å². The fourth-order valence-corrected chi connectivity index (χ4v) is 3.65. The number of carboxylic acids is 1. The Morgan fingerprint density at radius 3 is 3.00 bits per heavy atom. The lowest BCUT2D eigenvalue weighted by molar-refractivity contribution is -0.147. The van der Waals surface area contributed by atoms with E-state index in [1.54, 1.807) is 17.2 Å². The zero-order valence-corrected chi connectivity index (χ0v) is 12.7. The molecule has 1 amide bonds. The van der Waals surface area contributed by atoms with Crippen LogP contribution in [0.15, 0.2) is 5.38 Å². The van der Waals surface area contributed by atoms with Gasteiger partial charge in [0.05, 0.1) is 5.41 Å². The van der Waals surface area contributed by atoms with Crippen LogP contribution in [0.1, 0.15) is 47.8 Å². The minimum atomic E-state index is -0.851. The summed E-state index contributed by atoms with van der Waals surface area (Å²) in [5.41, 5.74) is -0.441. The molecule has 1 aromatic heterocycles. The van der Waals surface area contributed by atoms with Gasteiger partial charge in [-0.05, 0) is 26.2 Å². The fourth-order valence-electron chi connectivity index (χ4n) is 2.78. The molecule has 0 saturated carbocycles. The summed E-state index contributed by atoms with van der Waals surface area (Å²) in [6, 6.07) is 0. The van der Waals surface area contributed by atoms with Crippen molar-refractivity contribution in [2.45, 2.75) is 32.3 Å². The van der Waals surface area contributed by atoms with Crippen molar-refractivity contribution in [2.75, 3.05) is 19.7 Å². The number of hydrogen-bond acceptors (Lipinski definition) is 5. The summed E-state index contributed by atoms with van der Waals surface area (Å²) in [4.78, 5) is 29.6. The lowest BCUT2D eigenvalue weighted by Crippen LogP contribution is -2.35. The van der Waals surface area contributed by atoms with Crippen molar-refractivity contribution in [1.82, 2.24) is 9.88 Å². The second kappa shape index (κ2) is 5.38. The first-order valence-electron chi connectivity index (χ1n) is 7.09. The average Bonchev–Trinajstić information content (AvgIpc) is 3.18. The Kier molecular flexibility index (Phi) is 3.71. The first kappa shape index (κ1) is 14.5. The number of nitrogens with zero attached hydrogens (tertiary/aromatic N) is 2. The highest BCUT2D eigenvalue weighted by molar-refractivity contribution is 7.09. The SMILES string of the molecule is CC1(C(=O)O)CCN(C(=O)c2csc(C3CCCO3)n2)C1. The molecule has 7 heteroatoms. The molecular formula is C14H18N2O4S. The summed E-state index contributed by atoms with van der Waals surface area (Å²) < 4.78 is 5.57. The van der Waals surface area contributed by atoms with Crippen LogP contribution in [0.25, 0.3) is 0 Å². The summed E-state index contributed by atoms with van der Waals surface area (Å²) in [6.45, 7) is 3.14. The van der Waals surface area contributed by atoms with Crippen molar-refractivity contribution in [3.63, 3.8) is 0 Å². The molecule has 3 heterocycles. The third kappa shape index (κ3) is 2.67. The molecule has 0 bridgehead atoms. The van der Waals surface area contributed by atoms with Gasteiger partial charge >= 0.3 is 5.97 Å². The number of carbonyl (C=O) groups excluding carboxylic acids is 1. The van der Waals surface area contributed by atoms with E-state index in [-0.39, 0.29) is 18.6 Å². The minimum Gasteiger partial charge on any atom is -0.481 e. The maximum Gasteiger partial charge on any atom is 0.311 e. The molecule has 0 aromatic carbocycles. The Hall–Kier alpha value is -1.47. The van der Waals surface area contributed by atoms with Gasteiger partial charge in [0, 0.05) is 25.1 Å². The van der Waals surface area contributed by atoms with Gasteiger partial charge in [0.2, 0.25) is 0 Å². The lowest BCUT2D eigenvalue weighted by Gasteiger charge is -2.19. The van der Waals surface area contributed by atoms with Gasteiger partial charge in [-0.15, -0.1) is 11.3 Å². The number of hydrogen-bond donors (Lipinski definition) is 1. The van der Waals surface area contributed by atoms with Crippen LogP contribution in [0.2, 0.25) is 0 Å². The number of likely N-dealkylation sites (tertiary alicyclic amines) is 1. The lowest BCUT2D eigenvalue weighted by atomic mass is 9.90. The highest BCUT2D eigenvalue weighted by Crippen LogP contribution is 2.33. The van der Waals surface area contributed by atoms with Crippen LogP contribution in [0.3, 0.4) is 0 Å². The summed E-state index contributed by atoms with van der Waals surface area (Å²) >= 11 is 1.44. The van der Waals surface area contributed by atoms with Gasteiger partial charge in [0.1, 0.15) is 16.8 Å². The monoisotopic (exact) mass is 310 g/mol. The van der Waals surface area contributed by atoms with Gasteiger partial charge in [0.15, 0.2) is 0 Å². The smallest absolute Gasteiger partial charge is 0.311 e. The van der Waals surface area contributed by atoms with E-state index in [2.05, 4.69) is 4.98 Å². The molecule has 2 aliphatic heterocycles. The van der Waals surface area contributed by atoms with Gasteiger partial charge in [-0.1, -0.05) is 0 Å². The Balaban J connectivity index is 1.70. The Bertz CT molecular complexity index is 567. The second-order valence-corrected chi connectivity index (χ2v) is 6.80. The first-order chi connectivity index (χ1) is 9.99. The van der Waals surface area contributed by atoms with Crippen LogP contribution in [-0.2, 0) is 9.53 Å². The normalized spacial score (nSPS) is 29.0. The molecule has 2 saturated heterocycles. The van der Waals surface area contributed by atoms with E-state index in [0.717, 1.165) is 24.5 Å². The van der Waals surface area contributed by atoms with E-state index >= 15 is 0 Å². The van der Waals surface area contributed by atoms with Crippen molar-refractivity contribution >= 4 is 23.2 Å². The maximum atomic E-state index is 12.4. The fraction of sp³-hybridized carbons (Fsp3) is 0.643. The largest absolute Gasteiger partial charge is 0.481 e.